The van der Waals surface area contributed by atoms with Crippen LogP contribution in [-0.2, 0) is 6.54 Å². The maximum absolute atomic E-state index is 12.3. The number of ether oxygens (including phenoxy) is 1. The molecule has 5 nitrogen and oxygen atoms in total. The first kappa shape index (κ1) is 15.3. The normalized spacial score (nSPS) is 9.77. The molecule has 0 saturated carbocycles. The Balaban J connectivity index is 2.49. The number of aromatic nitrogens is 1. The fraction of sp³-hybridized carbons (Fsp3) is 0.235. The van der Waals surface area contributed by atoms with Gasteiger partial charge in [-0.25, -0.2) is 0 Å². The molecule has 1 heterocycles. The predicted octanol–water partition coefficient (Wildman–Crippen LogP) is 2.70. The molecule has 0 radical (unpaired) electrons. The van der Waals surface area contributed by atoms with Crippen LogP contribution in [0.25, 0.3) is 11.3 Å². The molecule has 0 aliphatic heterocycles. The lowest BCUT2D eigenvalue weighted by Crippen LogP contribution is -2.24. The number of unbranched alkanes of at least 4 members (excludes halogenated alkanes) is 1. The highest BCUT2D eigenvalue weighted by atomic mass is 16.5. The van der Waals surface area contributed by atoms with Gasteiger partial charge in [-0.3, -0.25) is 4.79 Å². The quantitative estimate of drug-likeness (QED) is 0.794. The highest BCUT2D eigenvalue weighted by molar-refractivity contribution is 5.61. The largest absolute Gasteiger partial charge is 0.497 e. The standard InChI is InChI=1S/C17H15N3O2/c1-22-15-7-4-13(5-8-15)16-9-6-14(12-19)17(21)20(16)11-3-2-10-18/h4-9H,2-3,11H2,1H3. The summed E-state index contributed by atoms with van der Waals surface area (Å²) in [5.41, 5.74) is 1.37. The molecular formula is C17H15N3O2. The number of rotatable bonds is 5. The van der Waals surface area contributed by atoms with Crippen molar-refractivity contribution in [1.29, 1.82) is 10.5 Å². The zero-order valence-corrected chi connectivity index (χ0v) is 12.2. The molecule has 2 rings (SSSR count). The highest BCUT2D eigenvalue weighted by Crippen LogP contribution is 2.22. The van der Waals surface area contributed by atoms with Gasteiger partial charge in [-0.1, -0.05) is 0 Å². The first-order chi connectivity index (χ1) is 10.7. The van der Waals surface area contributed by atoms with E-state index in [9.17, 15) is 4.79 Å². The lowest BCUT2D eigenvalue weighted by atomic mass is 10.1. The number of nitrogens with zero attached hydrogens (tertiary/aromatic N) is 3. The Kier molecular flexibility index (Phi) is 4.95. The number of pyridine rings is 1. The summed E-state index contributed by atoms with van der Waals surface area (Å²) in [6, 6.07) is 14.6. The van der Waals surface area contributed by atoms with Crippen molar-refractivity contribution in [2.75, 3.05) is 7.11 Å². The highest BCUT2D eigenvalue weighted by Gasteiger charge is 2.10. The molecule has 1 aromatic carbocycles. The van der Waals surface area contributed by atoms with E-state index in [0.29, 0.717) is 19.4 Å². The molecule has 0 aliphatic rings. The Morgan fingerprint density at radius 2 is 1.86 bits per heavy atom. The molecule has 0 fully saturated rings. The van der Waals surface area contributed by atoms with Gasteiger partial charge in [0.25, 0.3) is 5.56 Å². The average molecular weight is 293 g/mol. The summed E-state index contributed by atoms with van der Waals surface area (Å²) in [5, 5.41) is 17.7. The van der Waals surface area contributed by atoms with Gasteiger partial charge in [0, 0.05) is 13.0 Å². The summed E-state index contributed by atoms with van der Waals surface area (Å²) in [6.45, 7) is 0.406. The lowest BCUT2D eigenvalue weighted by Gasteiger charge is -2.13. The fourth-order valence-corrected chi connectivity index (χ4v) is 2.22. The maximum Gasteiger partial charge on any atom is 0.268 e. The van der Waals surface area contributed by atoms with Crippen molar-refractivity contribution in [3.8, 4) is 29.1 Å². The van der Waals surface area contributed by atoms with Crippen molar-refractivity contribution in [2.45, 2.75) is 19.4 Å². The first-order valence-corrected chi connectivity index (χ1v) is 6.86. The number of methoxy groups -OCH3 is 1. The van der Waals surface area contributed by atoms with Crippen molar-refractivity contribution in [2.24, 2.45) is 0 Å². The minimum atomic E-state index is -0.325. The van der Waals surface area contributed by atoms with Crippen LogP contribution in [0.5, 0.6) is 5.75 Å². The van der Waals surface area contributed by atoms with E-state index in [0.717, 1.165) is 17.0 Å². The van der Waals surface area contributed by atoms with Crippen molar-refractivity contribution in [1.82, 2.24) is 4.57 Å². The van der Waals surface area contributed by atoms with E-state index in [4.69, 9.17) is 15.3 Å². The van der Waals surface area contributed by atoms with Gasteiger partial charge >= 0.3 is 0 Å². The van der Waals surface area contributed by atoms with Crippen LogP contribution >= 0.6 is 0 Å². The zero-order valence-electron chi connectivity index (χ0n) is 12.2. The second kappa shape index (κ2) is 7.10. The van der Waals surface area contributed by atoms with E-state index < -0.39 is 0 Å². The number of hydrogen-bond donors (Lipinski definition) is 0. The van der Waals surface area contributed by atoms with Gasteiger partial charge in [-0.2, -0.15) is 10.5 Å². The van der Waals surface area contributed by atoms with Crippen molar-refractivity contribution in [3.05, 3.63) is 52.3 Å². The SMILES string of the molecule is COc1ccc(-c2ccc(C#N)c(=O)n2CCCC#N)cc1. The monoisotopic (exact) mass is 293 g/mol. The van der Waals surface area contributed by atoms with Gasteiger partial charge < -0.3 is 9.30 Å². The molecule has 5 heteroatoms. The van der Waals surface area contributed by atoms with E-state index in [1.165, 1.54) is 6.07 Å². The Morgan fingerprint density at radius 1 is 1.14 bits per heavy atom. The third-order valence-corrected chi connectivity index (χ3v) is 3.35. The molecule has 0 saturated heterocycles. The van der Waals surface area contributed by atoms with Crippen LogP contribution in [0.1, 0.15) is 18.4 Å². The predicted molar refractivity (Wildman–Crippen MR) is 82.3 cm³/mol. The maximum atomic E-state index is 12.3. The van der Waals surface area contributed by atoms with Crippen LogP contribution in [0.3, 0.4) is 0 Å². The molecule has 2 aromatic rings. The van der Waals surface area contributed by atoms with E-state index in [1.807, 2.05) is 30.3 Å². The second-order valence-electron chi connectivity index (χ2n) is 4.69. The van der Waals surface area contributed by atoms with E-state index in [2.05, 4.69) is 6.07 Å². The lowest BCUT2D eigenvalue weighted by molar-refractivity contribution is 0.415. The second-order valence-corrected chi connectivity index (χ2v) is 4.69. The van der Waals surface area contributed by atoms with Crippen LogP contribution in [-0.4, -0.2) is 11.7 Å². The van der Waals surface area contributed by atoms with Crippen LogP contribution in [0.2, 0.25) is 0 Å². The van der Waals surface area contributed by atoms with Gasteiger partial charge in [-0.15, -0.1) is 0 Å². The summed E-state index contributed by atoms with van der Waals surface area (Å²) >= 11 is 0. The fourth-order valence-electron chi connectivity index (χ4n) is 2.22. The third-order valence-electron chi connectivity index (χ3n) is 3.35. The number of hydrogen-bond acceptors (Lipinski definition) is 4. The molecule has 0 unspecified atom stereocenters. The molecule has 1 aromatic heterocycles. The molecule has 0 atom stereocenters. The molecule has 0 N–H and O–H groups in total. The van der Waals surface area contributed by atoms with Gasteiger partial charge in [0.2, 0.25) is 0 Å². The molecule has 22 heavy (non-hydrogen) atoms. The van der Waals surface area contributed by atoms with Gasteiger partial charge in [-0.05, 0) is 48.4 Å². The third kappa shape index (κ3) is 3.16. The Hall–Kier alpha value is -3.05. The molecule has 0 aliphatic carbocycles. The summed E-state index contributed by atoms with van der Waals surface area (Å²) in [5.74, 6) is 0.732. The summed E-state index contributed by atoms with van der Waals surface area (Å²) in [4.78, 5) is 12.3. The molecule has 110 valence electrons. The number of nitriles is 2. The minimum absolute atomic E-state index is 0.106. The van der Waals surface area contributed by atoms with E-state index in [-0.39, 0.29) is 11.1 Å². The van der Waals surface area contributed by atoms with Crippen LogP contribution in [0, 0.1) is 22.7 Å². The van der Waals surface area contributed by atoms with Gasteiger partial charge in [0.05, 0.1) is 18.9 Å². The molecule has 0 bridgehead atoms. The van der Waals surface area contributed by atoms with Crippen molar-refractivity contribution < 1.29 is 4.74 Å². The number of benzene rings is 1. The van der Waals surface area contributed by atoms with E-state index in [1.54, 1.807) is 17.7 Å². The minimum Gasteiger partial charge on any atom is -0.497 e. The van der Waals surface area contributed by atoms with Crippen LogP contribution in [0.4, 0.5) is 0 Å². The summed E-state index contributed by atoms with van der Waals surface area (Å²) in [7, 11) is 1.59. The summed E-state index contributed by atoms with van der Waals surface area (Å²) < 4.78 is 6.68. The van der Waals surface area contributed by atoms with Crippen molar-refractivity contribution in [3.63, 3.8) is 0 Å². The Morgan fingerprint density at radius 3 is 2.45 bits per heavy atom. The summed E-state index contributed by atoms with van der Waals surface area (Å²) in [6.07, 6.45) is 0.930. The first-order valence-electron chi connectivity index (χ1n) is 6.86. The zero-order chi connectivity index (χ0) is 15.9. The van der Waals surface area contributed by atoms with Crippen LogP contribution in [0.15, 0.2) is 41.2 Å². The van der Waals surface area contributed by atoms with Gasteiger partial charge in [0.15, 0.2) is 0 Å². The molecular weight excluding hydrogens is 278 g/mol. The van der Waals surface area contributed by atoms with Crippen molar-refractivity contribution >= 4 is 0 Å². The molecule has 0 spiro atoms. The topological polar surface area (TPSA) is 78.8 Å². The Labute approximate surface area is 128 Å². The average Bonchev–Trinajstić information content (AvgIpc) is 2.56. The van der Waals surface area contributed by atoms with Crippen LogP contribution < -0.4 is 10.3 Å². The Bertz CT molecular complexity index is 793. The van der Waals surface area contributed by atoms with Gasteiger partial charge in [0.1, 0.15) is 17.4 Å². The molecule has 0 amide bonds. The van der Waals surface area contributed by atoms with E-state index >= 15 is 0 Å². The smallest absolute Gasteiger partial charge is 0.268 e.